The van der Waals surface area contributed by atoms with Gasteiger partial charge in [-0.2, -0.15) is 0 Å². The Balaban J connectivity index is 0.000000396. The second-order valence-corrected chi connectivity index (χ2v) is 7.02. The maximum Gasteiger partial charge on any atom is 0.340 e. The fourth-order valence-corrected chi connectivity index (χ4v) is 3.25. The molecule has 1 heterocycles. The van der Waals surface area contributed by atoms with Crippen LogP contribution in [-0.2, 0) is 0 Å². The van der Waals surface area contributed by atoms with Crippen LogP contribution in [0.25, 0.3) is 22.2 Å². The largest absolute Gasteiger partial charge is 0.505 e. The lowest BCUT2D eigenvalue weighted by Gasteiger charge is -2.13. The second-order valence-electron chi connectivity index (χ2n) is 7.02. The summed E-state index contributed by atoms with van der Waals surface area (Å²) in [6.45, 7) is 13.9. The molecule has 5 nitrogen and oxygen atoms in total. The number of pyridine rings is 1. The fraction of sp³-hybridized carbons (Fsp3) is 0.333. The Hall–Kier alpha value is -2.99. The van der Waals surface area contributed by atoms with Crippen LogP contribution in [-0.4, -0.2) is 45.7 Å². The van der Waals surface area contributed by atoms with Gasteiger partial charge in [-0.15, -0.1) is 0 Å². The van der Waals surface area contributed by atoms with Crippen molar-refractivity contribution in [3.05, 3.63) is 58.9 Å². The Bertz CT molecular complexity index is 1020. The zero-order valence-corrected chi connectivity index (χ0v) is 18.2. The molecule has 1 aromatic heterocycles. The maximum atomic E-state index is 13.1. The second kappa shape index (κ2) is 10.2. The molecule has 0 atom stereocenters. The molecule has 160 valence electrons. The predicted octanol–water partition coefficient (Wildman–Crippen LogP) is 5.41. The summed E-state index contributed by atoms with van der Waals surface area (Å²) in [5.41, 5.74) is 2.71. The summed E-state index contributed by atoms with van der Waals surface area (Å²) in [6, 6.07) is 8.83. The Labute approximate surface area is 176 Å². The quantitative estimate of drug-likeness (QED) is 0.586. The Morgan fingerprint density at radius 3 is 2.03 bits per heavy atom. The first-order chi connectivity index (χ1) is 14.2. The Morgan fingerprint density at radius 1 is 1.00 bits per heavy atom. The third kappa shape index (κ3) is 4.94. The number of halogens is 1. The SMILES string of the molecule is CCN(CC)CC.Cc1ccc2c(C(=O)O)c(O)c(-c3ccc(F)cc3)nc2c1C. The summed E-state index contributed by atoms with van der Waals surface area (Å²) < 4.78 is 13.1. The van der Waals surface area contributed by atoms with Crippen LogP contribution in [0.4, 0.5) is 4.39 Å². The van der Waals surface area contributed by atoms with Crippen LogP contribution in [0, 0.1) is 19.7 Å². The highest BCUT2D eigenvalue weighted by Crippen LogP contribution is 2.36. The van der Waals surface area contributed by atoms with Gasteiger partial charge in [-0.3, -0.25) is 0 Å². The van der Waals surface area contributed by atoms with Gasteiger partial charge in [0.1, 0.15) is 17.1 Å². The molecule has 0 unspecified atom stereocenters. The van der Waals surface area contributed by atoms with Crippen LogP contribution in [0.15, 0.2) is 36.4 Å². The van der Waals surface area contributed by atoms with Crippen LogP contribution in [0.3, 0.4) is 0 Å². The summed E-state index contributed by atoms with van der Waals surface area (Å²) in [4.78, 5) is 18.4. The highest BCUT2D eigenvalue weighted by atomic mass is 19.1. The molecule has 2 aromatic carbocycles. The van der Waals surface area contributed by atoms with Crippen LogP contribution < -0.4 is 0 Å². The molecule has 2 N–H and O–H groups in total. The topological polar surface area (TPSA) is 73.7 Å². The van der Waals surface area contributed by atoms with Crippen LogP contribution in [0.2, 0.25) is 0 Å². The molecule has 0 bridgehead atoms. The first-order valence-corrected chi connectivity index (χ1v) is 10.1. The van der Waals surface area contributed by atoms with E-state index in [1.165, 1.54) is 43.9 Å². The molecular formula is C24H29FN2O3. The van der Waals surface area contributed by atoms with Crippen molar-refractivity contribution < 1.29 is 19.4 Å². The van der Waals surface area contributed by atoms with Gasteiger partial charge in [-0.1, -0.05) is 32.9 Å². The van der Waals surface area contributed by atoms with E-state index in [2.05, 4.69) is 30.7 Å². The minimum Gasteiger partial charge on any atom is -0.505 e. The summed E-state index contributed by atoms with van der Waals surface area (Å²) in [5, 5.41) is 20.3. The highest BCUT2D eigenvalue weighted by molar-refractivity contribution is 6.08. The van der Waals surface area contributed by atoms with Crippen molar-refractivity contribution in [1.29, 1.82) is 0 Å². The van der Waals surface area contributed by atoms with Gasteiger partial charge in [0, 0.05) is 10.9 Å². The van der Waals surface area contributed by atoms with Gasteiger partial charge in [0.15, 0.2) is 5.75 Å². The summed E-state index contributed by atoms with van der Waals surface area (Å²) >= 11 is 0. The first-order valence-electron chi connectivity index (χ1n) is 10.1. The number of hydrogen-bond acceptors (Lipinski definition) is 4. The lowest BCUT2D eigenvalue weighted by atomic mass is 9.98. The number of aryl methyl sites for hydroxylation is 2. The van der Waals surface area contributed by atoms with Crippen LogP contribution in [0.5, 0.6) is 5.75 Å². The van der Waals surface area contributed by atoms with E-state index in [1.807, 2.05) is 13.8 Å². The van der Waals surface area contributed by atoms with E-state index in [-0.39, 0.29) is 11.3 Å². The number of fused-ring (bicyclic) bond motifs is 1. The standard InChI is InChI=1S/C18H14FNO3.C6H15N/c1-9-3-8-13-14(18(22)23)17(21)16(20-15(13)10(9)2)11-4-6-12(19)7-5-11;1-4-7(5-2)6-3/h3-8,21H,1-2H3,(H,22,23);4-6H2,1-3H3. The molecule has 0 amide bonds. The van der Waals surface area contributed by atoms with Crippen molar-refractivity contribution in [2.45, 2.75) is 34.6 Å². The van der Waals surface area contributed by atoms with Crippen molar-refractivity contribution in [1.82, 2.24) is 9.88 Å². The number of aromatic carboxylic acids is 1. The average molecular weight is 413 g/mol. The van der Waals surface area contributed by atoms with Gasteiger partial charge in [0.05, 0.1) is 5.52 Å². The zero-order chi connectivity index (χ0) is 22.4. The molecule has 6 heteroatoms. The number of carboxylic acid groups (broad SMARTS) is 1. The number of rotatable bonds is 5. The van der Waals surface area contributed by atoms with Crippen molar-refractivity contribution in [2.75, 3.05) is 19.6 Å². The summed E-state index contributed by atoms with van der Waals surface area (Å²) in [6.07, 6.45) is 0. The molecule has 30 heavy (non-hydrogen) atoms. The van der Waals surface area contributed by atoms with E-state index in [1.54, 1.807) is 12.1 Å². The third-order valence-corrected chi connectivity index (χ3v) is 5.33. The van der Waals surface area contributed by atoms with Crippen molar-refractivity contribution in [3.8, 4) is 17.0 Å². The number of nitrogens with zero attached hydrogens (tertiary/aromatic N) is 2. The normalized spacial score (nSPS) is 10.8. The fourth-order valence-electron chi connectivity index (χ4n) is 3.25. The molecule has 3 aromatic rings. The Kier molecular flexibility index (Phi) is 7.89. The molecule has 0 spiro atoms. The minimum atomic E-state index is -1.23. The molecule has 0 saturated carbocycles. The lowest BCUT2D eigenvalue weighted by molar-refractivity contribution is 0.0696. The first kappa shape index (κ1) is 23.3. The van der Waals surface area contributed by atoms with E-state index in [4.69, 9.17) is 0 Å². The highest BCUT2D eigenvalue weighted by Gasteiger charge is 2.22. The summed E-state index contributed by atoms with van der Waals surface area (Å²) in [7, 11) is 0. The van der Waals surface area contributed by atoms with E-state index >= 15 is 0 Å². The number of benzene rings is 2. The number of hydrogen-bond donors (Lipinski definition) is 2. The van der Waals surface area contributed by atoms with E-state index < -0.39 is 17.5 Å². The van der Waals surface area contributed by atoms with Gasteiger partial charge in [0.2, 0.25) is 0 Å². The van der Waals surface area contributed by atoms with Crippen molar-refractivity contribution in [2.24, 2.45) is 0 Å². The van der Waals surface area contributed by atoms with Crippen molar-refractivity contribution >= 4 is 16.9 Å². The van der Waals surface area contributed by atoms with E-state index in [0.717, 1.165) is 11.1 Å². The molecule has 0 saturated heterocycles. The predicted molar refractivity (Wildman–Crippen MR) is 119 cm³/mol. The molecule has 0 aliphatic rings. The number of aromatic nitrogens is 1. The number of aromatic hydroxyl groups is 1. The van der Waals surface area contributed by atoms with Gasteiger partial charge in [-0.25, -0.2) is 14.2 Å². The molecular weight excluding hydrogens is 383 g/mol. The van der Waals surface area contributed by atoms with E-state index in [0.29, 0.717) is 16.5 Å². The molecule has 3 rings (SSSR count). The van der Waals surface area contributed by atoms with Crippen LogP contribution in [0.1, 0.15) is 42.3 Å². The smallest absolute Gasteiger partial charge is 0.340 e. The molecule has 0 fully saturated rings. The van der Waals surface area contributed by atoms with Gasteiger partial charge in [0.25, 0.3) is 0 Å². The molecule has 0 aliphatic heterocycles. The van der Waals surface area contributed by atoms with E-state index in [9.17, 15) is 19.4 Å². The number of carbonyl (C=O) groups is 1. The van der Waals surface area contributed by atoms with Gasteiger partial charge in [-0.05, 0) is 68.9 Å². The minimum absolute atomic E-state index is 0.128. The average Bonchev–Trinajstić information content (AvgIpc) is 2.73. The zero-order valence-electron chi connectivity index (χ0n) is 18.2. The molecule has 0 aliphatic carbocycles. The lowest BCUT2D eigenvalue weighted by Crippen LogP contribution is -2.21. The maximum absolute atomic E-state index is 13.1. The van der Waals surface area contributed by atoms with Crippen molar-refractivity contribution in [3.63, 3.8) is 0 Å². The monoisotopic (exact) mass is 412 g/mol. The Morgan fingerprint density at radius 2 is 1.57 bits per heavy atom. The molecule has 0 radical (unpaired) electrons. The number of carboxylic acids is 1. The summed E-state index contributed by atoms with van der Waals surface area (Å²) in [5.74, 6) is -2.07. The van der Waals surface area contributed by atoms with Crippen LogP contribution >= 0.6 is 0 Å². The van der Waals surface area contributed by atoms with Gasteiger partial charge >= 0.3 is 5.97 Å². The third-order valence-electron chi connectivity index (χ3n) is 5.33. The van der Waals surface area contributed by atoms with Gasteiger partial charge < -0.3 is 15.1 Å².